The summed E-state index contributed by atoms with van der Waals surface area (Å²) in [6, 6.07) is 8.08. The van der Waals surface area contributed by atoms with Gasteiger partial charge in [-0.15, -0.1) is 0 Å². The lowest BCUT2D eigenvalue weighted by Gasteiger charge is -2.22. The zero-order valence-electron chi connectivity index (χ0n) is 13.2. The minimum absolute atomic E-state index is 0.172. The van der Waals surface area contributed by atoms with Crippen LogP contribution in [-0.2, 0) is 9.53 Å². The Morgan fingerprint density at radius 2 is 2.04 bits per heavy atom. The molecule has 0 saturated carbocycles. The number of methoxy groups -OCH3 is 1. The smallest absolute Gasteiger partial charge is 0.339 e. The minimum Gasteiger partial charge on any atom is -0.465 e. The lowest BCUT2D eigenvalue weighted by molar-refractivity contribution is -0.112. The first-order valence-corrected chi connectivity index (χ1v) is 6.82. The van der Waals surface area contributed by atoms with Crippen molar-refractivity contribution in [3.63, 3.8) is 0 Å². The maximum atomic E-state index is 12.2. The SMILES string of the molecule is COC(=O)c1ccccc1NC(=O)/C(C#N)=C\NC(C)(C)CO. The van der Waals surface area contributed by atoms with E-state index in [2.05, 4.69) is 15.4 Å². The summed E-state index contributed by atoms with van der Waals surface area (Å²) in [7, 11) is 1.24. The molecule has 0 radical (unpaired) electrons. The molecule has 0 atom stereocenters. The molecule has 0 heterocycles. The van der Waals surface area contributed by atoms with Gasteiger partial charge in [-0.1, -0.05) is 12.1 Å². The van der Waals surface area contributed by atoms with E-state index in [1.54, 1.807) is 32.0 Å². The average molecular weight is 317 g/mol. The topological polar surface area (TPSA) is 111 Å². The fraction of sp³-hybridized carbons (Fsp3) is 0.312. The standard InChI is InChI=1S/C16H19N3O4/c1-16(2,10-20)18-9-11(8-17)14(21)19-13-7-5-4-6-12(13)15(22)23-3/h4-7,9,18,20H,10H2,1-3H3,(H,19,21)/b11-9-. The van der Waals surface area contributed by atoms with Crippen molar-refractivity contribution < 1.29 is 19.4 Å². The van der Waals surface area contributed by atoms with Crippen LogP contribution < -0.4 is 10.6 Å². The summed E-state index contributed by atoms with van der Waals surface area (Å²) in [5.74, 6) is -1.27. The zero-order chi connectivity index (χ0) is 17.5. The number of carbonyl (C=O) groups is 2. The molecular formula is C16H19N3O4. The van der Waals surface area contributed by atoms with E-state index in [0.717, 1.165) is 0 Å². The van der Waals surface area contributed by atoms with Crippen LogP contribution in [0, 0.1) is 11.3 Å². The van der Waals surface area contributed by atoms with Gasteiger partial charge in [0.05, 0.1) is 30.5 Å². The Labute approximate surface area is 134 Å². The maximum absolute atomic E-state index is 12.2. The minimum atomic E-state index is -0.676. The van der Waals surface area contributed by atoms with Gasteiger partial charge in [-0.05, 0) is 26.0 Å². The molecule has 0 aromatic heterocycles. The van der Waals surface area contributed by atoms with Gasteiger partial charge in [-0.3, -0.25) is 4.79 Å². The highest BCUT2D eigenvalue weighted by molar-refractivity contribution is 6.09. The number of para-hydroxylation sites is 1. The summed E-state index contributed by atoms with van der Waals surface area (Å²) in [5, 5.41) is 23.5. The molecule has 1 amide bonds. The van der Waals surface area contributed by atoms with Crippen LogP contribution in [0.3, 0.4) is 0 Å². The van der Waals surface area contributed by atoms with Gasteiger partial charge < -0.3 is 20.5 Å². The maximum Gasteiger partial charge on any atom is 0.339 e. The van der Waals surface area contributed by atoms with Crippen molar-refractivity contribution >= 4 is 17.6 Å². The van der Waals surface area contributed by atoms with Crippen molar-refractivity contribution in [2.75, 3.05) is 19.0 Å². The molecule has 0 aliphatic carbocycles. The first-order chi connectivity index (χ1) is 10.8. The number of aliphatic hydroxyl groups is 1. The van der Waals surface area contributed by atoms with Gasteiger partial charge in [-0.25, -0.2) is 4.79 Å². The number of nitrogens with one attached hydrogen (secondary N) is 2. The van der Waals surface area contributed by atoms with E-state index in [-0.39, 0.29) is 23.4 Å². The van der Waals surface area contributed by atoms with Gasteiger partial charge in [-0.2, -0.15) is 5.26 Å². The summed E-state index contributed by atoms with van der Waals surface area (Å²) in [6.07, 6.45) is 1.23. The number of anilines is 1. The van der Waals surface area contributed by atoms with E-state index in [1.807, 2.05) is 0 Å². The molecule has 0 bridgehead atoms. The lowest BCUT2D eigenvalue weighted by atomic mass is 10.1. The van der Waals surface area contributed by atoms with E-state index in [9.17, 15) is 9.59 Å². The summed E-state index contributed by atoms with van der Waals surface area (Å²) in [4.78, 5) is 23.8. The Kier molecular flexibility index (Phi) is 6.30. The highest BCUT2D eigenvalue weighted by Gasteiger charge is 2.18. The Hall–Kier alpha value is -2.85. The van der Waals surface area contributed by atoms with Gasteiger partial charge >= 0.3 is 5.97 Å². The lowest BCUT2D eigenvalue weighted by Crippen LogP contribution is -2.39. The molecule has 0 aliphatic rings. The molecule has 7 nitrogen and oxygen atoms in total. The number of aliphatic hydroxyl groups excluding tert-OH is 1. The van der Waals surface area contributed by atoms with Gasteiger partial charge in [0.1, 0.15) is 11.6 Å². The Bertz CT molecular complexity index is 660. The van der Waals surface area contributed by atoms with Crippen LogP contribution in [0.2, 0.25) is 0 Å². The number of ether oxygens (including phenoxy) is 1. The van der Waals surface area contributed by atoms with Gasteiger partial charge in [0.2, 0.25) is 0 Å². The van der Waals surface area contributed by atoms with Crippen LogP contribution in [0.15, 0.2) is 36.0 Å². The molecule has 3 N–H and O–H groups in total. The molecule has 0 unspecified atom stereocenters. The number of rotatable bonds is 6. The molecule has 0 aliphatic heterocycles. The number of amides is 1. The molecule has 23 heavy (non-hydrogen) atoms. The number of esters is 1. The van der Waals surface area contributed by atoms with Crippen molar-refractivity contribution in [2.24, 2.45) is 0 Å². The van der Waals surface area contributed by atoms with E-state index in [1.165, 1.54) is 25.4 Å². The van der Waals surface area contributed by atoms with E-state index < -0.39 is 17.4 Å². The number of hydrogen-bond acceptors (Lipinski definition) is 6. The second kappa shape index (κ2) is 7.96. The van der Waals surface area contributed by atoms with Crippen LogP contribution in [0.5, 0.6) is 0 Å². The van der Waals surface area contributed by atoms with Crippen LogP contribution in [0.1, 0.15) is 24.2 Å². The van der Waals surface area contributed by atoms with Crippen molar-refractivity contribution in [1.82, 2.24) is 5.32 Å². The van der Waals surface area contributed by atoms with Gasteiger partial charge in [0, 0.05) is 6.20 Å². The summed E-state index contributed by atoms with van der Waals surface area (Å²) in [6.45, 7) is 3.25. The van der Waals surface area contributed by atoms with Crippen molar-refractivity contribution in [2.45, 2.75) is 19.4 Å². The monoisotopic (exact) mass is 317 g/mol. The number of hydrogen-bond donors (Lipinski definition) is 3. The highest BCUT2D eigenvalue weighted by Crippen LogP contribution is 2.17. The first kappa shape index (κ1) is 18.2. The molecule has 0 fully saturated rings. The second-order valence-corrected chi connectivity index (χ2v) is 5.35. The van der Waals surface area contributed by atoms with Gasteiger partial charge in [0.25, 0.3) is 5.91 Å². The fourth-order valence-corrected chi connectivity index (χ4v) is 1.53. The third-order valence-corrected chi connectivity index (χ3v) is 2.95. The molecule has 1 aromatic carbocycles. The van der Waals surface area contributed by atoms with Crippen molar-refractivity contribution in [3.05, 3.63) is 41.6 Å². The third-order valence-electron chi connectivity index (χ3n) is 2.95. The highest BCUT2D eigenvalue weighted by atomic mass is 16.5. The van der Waals surface area contributed by atoms with Crippen molar-refractivity contribution in [1.29, 1.82) is 5.26 Å². The second-order valence-electron chi connectivity index (χ2n) is 5.35. The normalized spacial score (nSPS) is 11.3. The Morgan fingerprint density at radius 3 is 2.61 bits per heavy atom. The number of nitrogens with zero attached hydrogens (tertiary/aromatic N) is 1. The molecule has 0 saturated heterocycles. The van der Waals surface area contributed by atoms with Crippen LogP contribution in [0.25, 0.3) is 0 Å². The van der Waals surface area contributed by atoms with E-state index in [4.69, 9.17) is 10.4 Å². The molecule has 122 valence electrons. The molecule has 0 spiro atoms. The van der Waals surface area contributed by atoms with Gasteiger partial charge in [0.15, 0.2) is 0 Å². The van der Waals surface area contributed by atoms with Crippen LogP contribution >= 0.6 is 0 Å². The van der Waals surface area contributed by atoms with Crippen LogP contribution in [-0.4, -0.2) is 36.2 Å². The largest absolute Gasteiger partial charge is 0.465 e. The third kappa shape index (κ3) is 5.13. The number of carbonyl (C=O) groups excluding carboxylic acids is 2. The first-order valence-electron chi connectivity index (χ1n) is 6.82. The fourth-order valence-electron chi connectivity index (χ4n) is 1.53. The van der Waals surface area contributed by atoms with E-state index >= 15 is 0 Å². The Balaban J connectivity index is 2.96. The zero-order valence-corrected chi connectivity index (χ0v) is 13.2. The predicted octanol–water partition coefficient (Wildman–Crippen LogP) is 1.18. The quantitative estimate of drug-likeness (QED) is 0.413. The summed E-state index contributed by atoms with van der Waals surface area (Å²) in [5.41, 5.74) is -0.436. The molecule has 7 heteroatoms. The van der Waals surface area contributed by atoms with Crippen LogP contribution in [0.4, 0.5) is 5.69 Å². The molecule has 1 rings (SSSR count). The predicted molar refractivity (Wildman–Crippen MR) is 84.4 cm³/mol. The molecule has 1 aromatic rings. The van der Waals surface area contributed by atoms with Crippen molar-refractivity contribution in [3.8, 4) is 6.07 Å². The Morgan fingerprint density at radius 1 is 1.39 bits per heavy atom. The number of benzene rings is 1. The number of nitriles is 1. The average Bonchev–Trinajstić information content (AvgIpc) is 2.55. The summed E-state index contributed by atoms with van der Waals surface area (Å²) >= 11 is 0. The summed E-state index contributed by atoms with van der Waals surface area (Å²) < 4.78 is 4.64. The molecular weight excluding hydrogens is 298 g/mol. The van der Waals surface area contributed by atoms with E-state index in [0.29, 0.717) is 0 Å².